The van der Waals surface area contributed by atoms with E-state index in [-0.39, 0.29) is 17.3 Å². The van der Waals surface area contributed by atoms with Gasteiger partial charge >= 0.3 is 11.7 Å². The monoisotopic (exact) mass is 421 g/mol. The molecule has 5 fully saturated rings. The maximum Gasteiger partial charge on any atom is 0.350 e. The van der Waals surface area contributed by atoms with Gasteiger partial charge in [0.25, 0.3) is 0 Å². The molecule has 0 spiro atoms. The van der Waals surface area contributed by atoms with Crippen molar-refractivity contribution in [3.63, 3.8) is 0 Å². The van der Waals surface area contributed by atoms with Gasteiger partial charge in [-0.2, -0.15) is 5.10 Å². The lowest BCUT2D eigenvalue weighted by atomic mass is 9.53. The number of para-hydroxylation sites is 1. The maximum atomic E-state index is 13.0. The van der Waals surface area contributed by atoms with Crippen molar-refractivity contribution in [2.24, 2.45) is 17.8 Å². The molecule has 1 heterocycles. The molecule has 164 valence electrons. The highest BCUT2D eigenvalue weighted by Gasteiger charge is 2.51. The summed E-state index contributed by atoms with van der Waals surface area (Å²) in [6.45, 7) is 0.778. The van der Waals surface area contributed by atoms with E-state index in [0.29, 0.717) is 19.0 Å². The summed E-state index contributed by atoms with van der Waals surface area (Å²) in [5.41, 5.74) is 0.730. The van der Waals surface area contributed by atoms with Crippen molar-refractivity contribution in [2.45, 2.75) is 69.4 Å². The van der Waals surface area contributed by atoms with Crippen molar-refractivity contribution in [1.82, 2.24) is 25.0 Å². The zero-order valence-corrected chi connectivity index (χ0v) is 17.9. The molecule has 1 aromatic heterocycles. The van der Waals surface area contributed by atoms with Gasteiger partial charge < -0.3 is 10.6 Å². The zero-order chi connectivity index (χ0) is 21.0. The van der Waals surface area contributed by atoms with Crippen molar-refractivity contribution in [2.75, 3.05) is 6.54 Å². The third kappa shape index (κ3) is 3.58. The molecule has 5 saturated carbocycles. The molecule has 0 saturated heterocycles. The van der Waals surface area contributed by atoms with Crippen LogP contribution in [0.5, 0.6) is 0 Å². The van der Waals surface area contributed by atoms with Gasteiger partial charge in [0.2, 0.25) is 0 Å². The lowest BCUT2D eigenvalue weighted by Gasteiger charge is -2.56. The average molecular weight is 422 g/mol. The first-order chi connectivity index (χ1) is 15.1. The van der Waals surface area contributed by atoms with Crippen LogP contribution in [0.1, 0.15) is 63.1 Å². The Morgan fingerprint density at radius 1 is 1.03 bits per heavy atom. The van der Waals surface area contributed by atoms with Crippen LogP contribution in [0.2, 0.25) is 0 Å². The third-order valence-electron chi connectivity index (χ3n) is 7.85. The highest BCUT2D eigenvalue weighted by Crippen LogP contribution is 2.55. The third-order valence-corrected chi connectivity index (χ3v) is 7.85. The Kier molecular flexibility index (Phi) is 4.47. The lowest BCUT2D eigenvalue weighted by molar-refractivity contribution is -0.0135. The smallest absolute Gasteiger partial charge is 0.336 e. The summed E-state index contributed by atoms with van der Waals surface area (Å²) >= 11 is 0. The minimum atomic E-state index is -0.128. The molecule has 5 aliphatic rings. The van der Waals surface area contributed by atoms with Crippen LogP contribution < -0.4 is 16.3 Å². The van der Waals surface area contributed by atoms with Gasteiger partial charge in [-0.3, -0.25) is 0 Å². The van der Waals surface area contributed by atoms with E-state index >= 15 is 0 Å². The molecule has 7 heteroatoms. The number of nitrogens with one attached hydrogen (secondary N) is 2. The first kappa shape index (κ1) is 19.1. The van der Waals surface area contributed by atoms with Crippen molar-refractivity contribution in [3.8, 4) is 5.69 Å². The molecule has 5 aliphatic carbocycles. The van der Waals surface area contributed by atoms with Crippen LogP contribution in [-0.2, 0) is 6.54 Å². The second kappa shape index (κ2) is 7.24. The van der Waals surface area contributed by atoms with Crippen LogP contribution in [-0.4, -0.2) is 32.5 Å². The number of urea groups is 1. The molecule has 2 N–H and O–H groups in total. The standard InChI is InChI=1S/C24H31N5O2/c30-22(26-24-13-16-10-17(14-24)12-18(11-16)15-24)25-8-9-28-23(31)29(20-4-2-1-3-5-20)21(27-28)19-6-7-19/h1-5,16-19H,6-15H2,(H2,25,26,30). The zero-order valence-electron chi connectivity index (χ0n) is 17.9. The normalized spacial score (nSPS) is 31.0. The molecule has 7 rings (SSSR count). The number of hydrogen-bond acceptors (Lipinski definition) is 3. The SMILES string of the molecule is O=C(NCCn1nc(C2CC2)n(-c2ccccc2)c1=O)NC12CC3CC(CC(C3)C1)C2. The molecule has 1 aromatic carbocycles. The number of aromatic nitrogens is 3. The molecule has 0 radical (unpaired) electrons. The molecule has 2 aromatic rings. The minimum absolute atomic E-state index is 0.00367. The second-order valence-electron chi connectivity index (χ2n) is 10.4. The van der Waals surface area contributed by atoms with Gasteiger partial charge in [-0.15, -0.1) is 0 Å². The molecular weight excluding hydrogens is 390 g/mol. The van der Waals surface area contributed by atoms with Gasteiger partial charge in [0.05, 0.1) is 12.2 Å². The summed E-state index contributed by atoms with van der Waals surface area (Å²) in [7, 11) is 0. The number of carbonyl (C=O) groups is 1. The van der Waals surface area contributed by atoms with Gasteiger partial charge in [-0.1, -0.05) is 18.2 Å². The number of hydrogen-bond donors (Lipinski definition) is 2. The molecule has 7 nitrogen and oxygen atoms in total. The fraction of sp³-hybridized carbons (Fsp3) is 0.625. The Bertz CT molecular complexity index is 1000. The summed E-state index contributed by atoms with van der Waals surface area (Å²) in [5, 5.41) is 10.9. The Morgan fingerprint density at radius 3 is 2.29 bits per heavy atom. The number of carbonyl (C=O) groups excluding carboxylic acids is 1. The summed E-state index contributed by atoms with van der Waals surface area (Å²) in [6.07, 6.45) is 9.65. The number of benzene rings is 1. The van der Waals surface area contributed by atoms with Crippen LogP contribution in [0, 0.1) is 17.8 Å². The number of rotatable bonds is 6. The molecule has 2 amide bonds. The second-order valence-corrected chi connectivity index (χ2v) is 10.4. The Hall–Kier alpha value is -2.57. The Labute approximate surface area is 182 Å². The lowest BCUT2D eigenvalue weighted by Crippen LogP contribution is -2.61. The van der Waals surface area contributed by atoms with Crippen LogP contribution in [0.15, 0.2) is 35.1 Å². The predicted octanol–water partition coefficient (Wildman–Crippen LogP) is 3.18. The number of amides is 2. The minimum Gasteiger partial charge on any atom is -0.336 e. The van der Waals surface area contributed by atoms with Crippen LogP contribution >= 0.6 is 0 Å². The Morgan fingerprint density at radius 2 is 1.68 bits per heavy atom. The van der Waals surface area contributed by atoms with E-state index in [1.807, 2.05) is 30.3 Å². The molecule has 31 heavy (non-hydrogen) atoms. The topological polar surface area (TPSA) is 81.0 Å². The summed E-state index contributed by atoms with van der Waals surface area (Å²) in [6, 6.07) is 9.60. The van der Waals surface area contributed by atoms with Crippen molar-refractivity contribution in [3.05, 3.63) is 46.6 Å². The van der Waals surface area contributed by atoms with Gasteiger partial charge in [0.15, 0.2) is 0 Å². The Balaban J connectivity index is 1.11. The molecule has 4 bridgehead atoms. The van der Waals surface area contributed by atoms with Gasteiger partial charge in [0.1, 0.15) is 5.82 Å². The van der Waals surface area contributed by atoms with E-state index in [2.05, 4.69) is 15.7 Å². The van der Waals surface area contributed by atoms with Gasteiger partial charge in [-0.25, -0.2) is 18.8 Å². The van der Waals surface area contributed by atoms with Gasteiger partial charge in [-0.05, 0) is 81.3 Å². The molecular formula is C24H31N5O2. The maximum absolute atomic E-state index is 13.0. The number of nitrogens with zero attached hydrogens (tertiary/aromatic N) is 3. The predicted molar refractivity (Wildman–Crippen MR) is 117 cm³/mol. The highest BCUT2D eigenvalue weighted by atomic mass is 16.2. The van der Waals surface area contributed by atoms with Crippen LogP contribution in [0.4, 0.5) is 4.79 Å². The van der Waals surface area contributed by atoms with Crippen LogP contribution in [0.25, 0.3) is 5.69 Å². The van der Waals surface area contributed by atoms with E-state index < -0.39 is 0 Å². The average Bonchev–Trinajstić information content (AvgIpc) is 3.52. The quantitative estimate of drug-likeness (QED) is 0.752. The van der Waals surface area contributed by atoms with E-state index in [9.17, 15) is 9.59 Å². The fourth-order valence-electron chi connectivity index (χ4n) is 6.82. The first-order valence-electron chi connectivity index (χ1n) is 11.9. The largest absolute Gasteiger partial charge is 0.350 e. The van der Waals surface area contributed by atoms with E-state index in [4.69, 9.17) is 0 Å². The van der Waals surface area contributed by atoms with E-state index in [1.54, 1.807) is 4.57 Å². The molecule has 0 aliphatic heterocycles. The van der Waals surface area contributed by atoms with Crippen molar-refractivity contribution in [1.29, 1.82) is 0 Å². The van der Waals surface area contributed by atoms with Gasteiger partial charge in [0, 0.05) is 18.0 Å². The van der Waals surface area contributed by atoms with Crippen molar-refractivity contribution < 1.29 is 4.79 Å². The first-order valence-corrected chi connectivity index (χ1v) is 11.9. The van der Waals surface area contributed by atoms with Crippen molar-refractivity contribution >= 4 is 6.03 Å². The van der Waals surface area contributed by atoms with E-state index in [0.717, 1.165) is 61.4 Å². The van der Waals surface area contributed by atoms with Crippen LogP contribution in [0.3, 0.4) is 0 Å². The molecule has 0 unspecified atom stereocenters. The summed E-state index contributed by atoms with van der Waals surface area (Å²) in [5.74, 6) is 3.60. The summed E-state index contributed by atoms with van der Waals surface area (Å²) < 4.78 is 3.23. The van der Waals surface area contributed by atoms with E-state index in [1.165, 1.54) is 23.9 Å². The molecule has 0 atom stereocenters. The summed E-state index contributed by atoms with van der Waals surface area (Å²) in [4.78, 5) is 25.7. The highest BCUT2D eigenvalue weighted by molar-refractivity contribution is 5.74. The fourth-order valence-corrected chi connectivity index (χ4v) is 6.82.